The number of ether oxygens (including phenoxy) is 1. The Morgan fingerprint density at radius 1 is 0.960 bits per heavy atom. The van der Waals surface area contributed by atoms with Crippen LogP contribution < -0.4 is 10.1 Å². The van der Waals surface area contributed by atoms with Crippen LogP contribution in [0, 0.1) is 0 Å². The molecule has 3 rings (SSSR count). The van der Waals surface area contributed by atoms with Crippen molar-refractivity contribution in [3.05, 3.63) is 72.3 Å². The molecule has 0 unspecified atom stereocenters. The Labute approximate surface area is 148 Å². The molecular formula is C22H23NO2. The highest BCUT2D eigenvalue weighted by atomic mass is 16.5. The van der Waals surface area contributed by atoms with Crippen molar-refractivity contribution >= 4 is 22.4 Å². The quantitative estimate of drug-likeness (QED) is 0.673. The molecule has 0 radical (unpaired) electrons. The van der Waals surface area contributed by atoms with Crippen LogP contribution in [0.5, 0.6) is 5.75 Å². The van der Waals surface area contributed by atoms with Crippen LogP contribution in [0.4, 0.5) is 5.69 Å². The first-order valence-corrected chi connectivity index (χ1v) is 8.76. The Hall–Kier alpha value is -2.81. The van der Waals surface area contributed by atoms with E-state index >= 15 is 0 Å². The number of carbonyl (C=O) groups excluding carboxylic acids is 1. The zero-order valence-electron chi connectivity index (χ0n) is 14.7. The van der Waals surface area contributed by atoms with Crippen LogP contribution in [0.15, 0.2) is 66.7 Å². The van der Waals surface area contributed by atoms with E-state index in [1.807, 2.05) is 73.7 Å². The summed E-state index contributed by atoms with van der Waals surface area (Å²) in [5.74, 6) is 0.625. The maximum absolute atomic E-state index is 12.7. The molecule has 1 N–H and O–H groups in total. The van der Waals surface area contributed by atoms with Gasteiger partial charge in [0, 0.05) is 11.1 Å². The molecule has 0 aliphatic carbocycles. The summed E-state index contributed by atoms with van der Waals surface area (Å²) in [6.45, 7) is 4.04. The first-order valence-electron chi connectivity index (χ1n) is 8.76. The molecule has 0 bridgehead atoms. The van der Waals surface area contributed by atoms with E-state index in [1.54, 1.807) is 0 Å². The van der Waals surface area contributed by atoms with Gasteiger partial charge in [0.15, 0.2) is 6.10 Å². The van der Waals surface area contributed by atoms with Crippen LogP contribution >= 0.6 is 0 Å². The van der Waals surface area contributed by atoms with E-state index in [9.17, 15) is 4.79 Å². The molecule has 3 nitrogen and oxygen atoms in total. The topological polar surface area (TPSA) is 38.3 Å². The summed E-state index contributed by atoms with van der Waals surface area (Å²) in [5, 5.41) is 5.14. The molecule has 0 aliphatic heterocycles. The van der Waals surface area contributed by atoms with Crippen molar-refractivity contribution in [3.8, 4) is 5.75 Å². The van der Waals surface area contributed by atoms with Gasteiger partial charge in [-0.05, 0) is 35.9 Å². The number of anilines is 1. The lowest BCUT2D eigenvalue weighted by atomic mass is 10.1. The van der Waals surface area contributed by atoms with E-state index in [-0.39, 0.29) is 5.91 Å². The normalized spacial score (nSPS) is 11.9. The summed E-state index contributed by atoms with van der Waals surface area (Å²) < 4.78 is 6.07. The van der Waals surface area contributed by atoms with E-state index in [2.05, 4.69) is 12.2 Å². The molecule has 0 fully saturated rings. The van der Waals surface area contributed by atoms with Gasteiger partial charge in [-0.2, -0.15) is 0 Å². The molecule has 0 aromatic heterocycles. The molecule has 0 aliphatic rings. The van der Waals surface area contributed by atoms with Crippen molar-refractivity contribution in [2.45, 2.75) is 32.8 Å². The van der Waals surface area contributed by atoms with Gasteiger partial charge >= 0.3 is 0 Å². The van der Waals surface area contributed by atoms with Crippen molar-refractivity contribution in [2.75, 3.05) is 5.32 Å². The number of para-hydroxylation sites is 1. The van der Waals surface area contributed by atoms with Crippen LogP contribution in [-0.4, -0.2) is 12.0 Å². The fourth-order valence-electron chi connectivity index (χ4n) is 2.94. The zero-order chi connectivity index (χ0) is 17.6. The summed E-state index contributed by atoms with van der Waals surface area (Å²) in [6, 6.07) is 21.8. The predicted octanol–water partition coefficient (Wildman–Crippen LogP) is 5.20. The summed E-state index contributed by atoms with van der Waals surface area (Å²) in [6.07, 6.45) is 0.941. The second-order valence-corrected chi connectivity index (χ2v) is 5.99. The van der Waals surface area contributed by atoms with Crippen molar-refractivity contribution in [1.29, 1.82) is 0 Å². The van der Waals surface area contributed by atoms with Crippen LogP contribution in [-0.2, 0) is 11.2 Å². The molecule has 3 aromatic rings. The number of aryl methyl sites for hydroxylation is 1. The number of hydrogen-bond donors (Lipinski definition) is 1. The van der Waals surface area contributed by atoms with Gasteiger partial charge in [-0.25, -0.2) is 0 Å². The van der Waals surface area contributed by atoms with E-state index in [4.69, 9.17) is 4.74 Å². The number of carbonyl (C=O) groups is 1. The highest BCUT2D eigenvalue weighted by molar-refractivity contribution is 5.95. The van der Waals surface area contributed by atoms with Crippen molar-refractivity contribution in [1.82, 2.24) is 0 Å². The van der Waals surface area contributed by atoms with Gasteiger partial charge in [0.25, 0.3) is 5.91 Å². The number of fused-ring (bicyclic) bond motifs is 1. The minimum atomic E-state index is -0.532. The van der Waals surface area contributed by atoms with E-state index in [1.165, 1.54) is 0 Å². The monoisotopic (exact) mass is 333 g/mol. The average molecular weight is 333 g/mol. The minimum Gasteiger partial charge on any atom is -0.480 e. The molecule has 0 saturated carbocycles. The van der Waals surface area contributed by atoms with Gasteiger partial charge in [0.2, 0.25) is 0 Å². The number of amides is 1. The second-order valence-electron chi connectivity index (χ2n) is 5.99. The summed E-state index contributed by atoms with van der Waals surface area (Å²) >= 11 is 0. The third-order valence-electron chi connectivity index (χ3n) is 4.34. The number of nitrogens with one attached hydrogen (secondary N) is 1. The Morgan fingerprint density at radius 2 is 1.68 bits per heavy atom. The summed E-state index contributed by atoms with van der Waals surface area (Å²) in [7, 11) is 0. The molecule has 0 spiro atoms. The van der Waals surface area contributed by atoms with Gasteiger partial charge in [-0.3, -0.25) is 4.79 Å². The lowest BCUT2D eigenvalue weighted by Gasteiger charge is -2.19. The average Bonchev–Trinajstić information content (AvgIpc) is 2.66. The third kappa shape index (κ3) is 3.82. The first-order chi connectivity index (χ1) is 12.2. The highest BCUT2D eigenvalue weighted by Crippen LogP contribution is 2.27. The molecule has 3 aromatic carbocycles. The highest BCUT2D eigenvalue weighted by Gasteiger charge is 2.20. The van der Waals surface area contributed by atoms with Crippen LogP contribution in [0.3, 0.4) is 0 Å². The molecule has 0 heterocycles. The maximum Gasteiger partial charge on any atom is 0.265 e. The van der Waals surface area contributed by atoms with Gasteiger partial charge < -0.3 is 10.1 Å². The predicted molar refractivity (Wildman–Crippen MR) is 103 cm³/mol. The number of hydrogen-bond acceptors (Lipinski definition) is 2. The lowest BCUT2D eigenvalue weighted by Crippen LogP contribution is -2.32. The minimum absolute atomic E-state index is 0.115. The van der Waals surface area contributed by atoms with Crippen molar-refractivity contribution < 1.29 is 9.53 Å². The van der Waals surface area contributed by atoms with Gasteiger partial charge in [-0.15, -0.1) is 0 Å². The standard InChI is InChI=1S/C22H23NO2/c1-3-16-10-6-8-14-19(16)23-22(24)20(4-2)25-21-15-9-12-17-11-5-7-13-18(17)21/h5-15,20H,3-4H2,1-2H3,(H,23,24)/t20-/m0/s1. The fourth-order valence-corrected chi connectivity index (χ4v) is 2.94. The number of benzene rings is 3. The Balaban J connectivity index is 1.81. The molecule has 128 valence electrons. The van der Waals surface area contributed by atoms with Crippen LogP contribution in [0.25, 0.3) is 10.8 Å². The summed E-state index contributed by atoms with van der Waals surface area (Å²) in [4.78, 5) is 12.7. The SMILES string of the molecule is CCc1ccccc1NC(=O)[C@H](CC)Oc1cccc2ccccc12. The second kappa shape index (κ2) is 7.84. The molecule has 3 heteroatoms. The Morgan fingerprint density at radius 3 is 2.48 bits per heavy atom. The molecule has 0 saturated heterocycles. The van der Waals surface area contributed by atoms with Crippen molar-refractivity contribution in [3.63, 3.8) is 0 Å². The van der Waals surface area contributed by atoms with Crippen LogP contribution in [0.1, 0.15) is 25.8 Å². The van der Waals surface area contributed by atoms with Gasteiger partial charge in [0.05, 0.1) is 0 Å². The first kappa shape index (κ1) is 17.0. The lowest BCUT2D eigenvalue weighted by molar-refractivity contribution is -0.122. The molecule has 25 heavy (non-hydrogen) atoms. The van der Waals surface area contributed by atoms with Gasteiger partial charge in [0.1, 0.15) is 5.75 Å². The Bertz CT molecular complexity index is 867. The molecule has 1 atom stereocenters. The molecule has 1 amide bonds. The van der Waals surface area contributed by atoms with Gasteiger partial charge in [-0.1, -0.05) is 68.4 Å². The smallest absolute Gasteiger partial charge is 0.265 e. The molecular weight excluding hydrogens is 310 g/mol. The van der Waals surface area contributed by atoms with Crippen LogP contribution in [0.2, 0.25) is 0 Å². The summed E-state index contributed by atoms with van der Waals surface area (Å²) in [5.41, 5.74) is 1.98. The third-order valence-corrected chi connectivity index (χ3v) is 4.34. The van der Waals surface area contributed by atoms with E-state index < -0.39 is 6.10 Å². The number of rotatable bonds is 6. The van der Waals surface area contributed by atoms with E-state index in [0.29, 0.717) is 6.42 Å². The largest absolute Gasteiger partial charge is 0.480 e. The maximum atomic E-state index is 12.7. The van der Waals surface area contributed by atoms with Crippen molar-refractivity contribution in [2.24, 2.45) is 0 Å². The zero-order valence-corrected chi connectivity index (χ0v) is 14.7. The Kier molecular flexibility index (Phi) is 5.34. The van der Waals surface area contributed by atoms with E-state index in [0.717, 1.165) is 34.2 Å². The fraction of sp³-hybridized carbons (Fsp3) is 0.227.